The molecule has 0 bridgehead atoms. The minimum absolute atomic E-state index is 0.0784. The summed E-state index contributed by atoms with van der Waals surface area (Å²) in [7, 11) is -3.10. The van der Waals surface area contributed by atoms with Crippen molar-refractivity contribution in [3.8, 4) is 0 Å². The number of benzene rings is 1. The quantitative estimate of drug-likeness (QED) is 0.742. The van der Waals surface area contributed by atoms with E-state index in [9.17, 15) is 17.6 Å². The Morgan fingerprint density at radius 2 is 1.91 bits per heavy atom. The molecule has 122 valence electrons. The average molecular weight is 345 g/mol. The highest BCUT2D eigenvalue weighted by Crippen LogP contribution is 2.23. The monoisotopic (exact) mass is 345 g/mol. The van der Waals surface area contributed by atoms with E-state index in [-0.39, 0.29) is 42.2 Å². The molecule has 0 aromatic heterocycles. The molecule has 1 amide bonds. The second-order valence-electron chi connectivity index (χ2n) is 5.89. The molecule has 1 aromatic rings. The Kier molecular flexibility index (Phi) is 5.50. The van der Waals surface area contributed by atoms with Crippen LogP contribution >= 0.6 is 11.8 Å². The number of hydrogen-bond donors (Lipinski definition) is 0. The number of amides is 1. The number of likely N-dealkylation sites (tertiary alicyclic amines) is 1. The summed E-state index contributed by atoms with van der Waals surface area (Å²) in [6.45, 7) is 4.33. The van der Waals surface area contributed by atoms with Gasteiger partial charge in [-0.2, -0.15) is 0 Å². The normalized spacial score (nSPS) is 15.9. The Labute approximate surface area is 135 Å². The Hall–Kier alpha value is -1.08. The van der Waals surface area contributed by atoms with Crippen LogP contribution in [0.1, 0.15) is 13.8 Å². The van der Waals surface area contributed by atoms with Gasteiger partial charge in [-0.1, -0.05) is 13.8 Å². The van der Waals surface area contributed by atoms with Gasteiger partial charge in [0.15, 0.2) is 9.84 Å². The third-order valence-corrected chi connectivity index (χ3v) is 6.89. The highest BCUT2D eigenvalue weighted by molar-refractivity contribution is 8.00. The van der Waals surface area contributed by atoms with Crippen LogP contribution in [0.4, 0.5) is 4.39 Å². The minimum atomic E-state index is -3.10. The predicted molar refractivity (Wildman–Crippen MR) is 86.1 cm³/mol. The van der Waals surface area contributed by atoms with Crippen molar-refractivity contribution >= 4 is 27.5 Å². The van der Waals surface area contributed by atoms with Crippen LogP contribution in [0, 0.1) is 11.7 Å². The van der Waals surface area contributed by atoms with Gasteiger partial charge in [0, 0.05) is 18.0 Å². The van der Waals surface area contributed by atoms with E-state index < -0.39 is 15.1 Å². The standard InChI is InChI=1S/C15H20FNO3S2/c1-11(2)10-22(19,20)14-7-17(8-14)15(18)9-21-13-5-3-12(16)4-6-13/h3-6,11,14H,7-10H2,1-2H3. The maximum atomic E-state index is 12.8. The number of rotatable bonds is 6. The van der Waals surface area contributed by atoms with Crippen molar-refractivity contribution in [2.75, 3.05) is 24.6 Å². The number of carbonyl (C=O) groups excluding carboxylic acids is 1. The molecule has 7 heteroatoms. The molecular formula is C15H20FNO3S2. The third-order valence-electron chi connectivity index (χ3n) is 3.45. The van der Waals surface area contributed by atoms with Crippen LogP contribution in [0.15, 0.2) is 29.2 Å². The molecule has 0 N–H and O–H groups in total. The molecule has 1 heterocycles. The van der Waals surface area contributed by atoms with Crippen molar-refractivity contribution in [3.05, 3.63) is 30.1 Å². The van der Waals surface area contributed by atoms with Gasteiger partial charge in [-0.05, 0) is 30.2 Å². The first-order valence-corrected chi connectivity index (χ1v) is 9.86. The van der Waals surface area contributed by atoms with E-state index in [1.54, 1.807) is 17.0 Å². The molecule has 1 aromatic carbocycles. The van der Waals surface area contributed by atoms with Gasteiger partial charge in [-0.15, -0.1) is 11.8 Å². The first-order valence-electron chi connectivity index (χ1n) is 7.15. The lowest BCUT2D eigenvalue weighted by Gasteiger charge is -2.38. The van der Waals surface area contributed by atoms with Crippen molar-refractivity contribution in [2.24, 2.45) is 5.92 Å². The maximum absolute atomic E-state index is 12.8. The molecule has 0 spiro atoms. The molecule has 22 heavy (non-hydrogen) atoms. The summed E-state index contributed by atoms with van der Waals surface area (Å²) in [5.74, 6) is 0.123. The first-order chi connectivity index (χ1) is 10.3. The van der Waals surface area contributed by atoms with Crippen molar-refractivity contribution in [3.63, 3.8) is 0 Å². The lowest BCUT2D eigenvalue weighted by molar-refractivity contribution is -0.131. The highest BCUT2D eigenvalue weighted by atomic mass is 32.2. The molecule has 1 aliphatic heterocycles. The van der Waals surface area contributed by atoms with Crippen LogP contribution in [0.3, 0.4) is 0 Å². The second-order valence-corrected chi connectivity index (χ2v) is 9.26. The summed E-state index contributed by atoms with van der Waals surface area (Å²) in [6.07, 6.45) is 0. The Balaban J connectivity index is 1.78. The molecular weight excluding hydrogens is 325 g/mol. The number of carbonyl (C=O) groups is 1. The maximum Gasteiger partial charge on any atom is 0.233 e. The largest absolute Gasteiger partial charge is 0.339 e. The topological polar surface area (TPSA) is 54.5 Å². The lowest BCUT2D eigenvalue weighted by Crippen LogP contribution is -2.58. The van der Waals surface area contributed by atoms with Gasteiger partial charge in [-0.3, -0.25) is 4.79 Å². The Bertz CT molecular complexity index is 623. The molecule has 0 radical (unpaired) electrons. The number of thioether (sulfide) groups is 1. The van der Waals surface area contributed by atoms with Crippen LogP contribution < -0.4 is 0 Å². The fourth-order valence-corrected chi connectivity index (χ4v) is 5.05. The second kappa shape index (κ2) is 7.00. The minimum Gasteiger partial charge on any atom is -0.339 e. The first kappa shape index (κ1) is 17.3. The van der Waals surface area contributed by atoms with Gasteiger partial charge < -0.3 is 4.90 Å². The zero-order valence-corrected chi connectivity index (χ0v) is 14.3. The highest BCUT2D eigenvalue weighted by Gasteiger charge is 2.39. The number of halogens is 1. The van der Waals surface area contributed by atoms with Crippen LogP contribution in [0.25, 0.3) is 0 Å². The summed E-state index contributed by atoms with van der Waals surface area (Å²) in [5, 5.41) is -0.422. The van der Waals surface area contributed by atoms with Gasteiger partial charge in [-0.25, -0.2) is 12.8 Å². The SMILES string of the molecule is CC(C)CS(=O)(=O)C1CN(C(=O)CSc2ccc(F)cc2)C1. The van der Waals surface area contributed by atoms with Crippen molar-refractivity contribution in [1.82, 2.24) is 4.90 Å². The lowest BCUT2D eigenvalue weighted by atomic mass is 10.2. The van der Waals surface area contributed by atoms with Crippen LogP contribution in [-0.4, -0.2) is 49.1 Å². The fourth-order valence-electron chi connectivity index (χ4n) is 2.24. The zero-order chi connectivity index (χ0) is 16.3. The molecule has 4 nitrogen and oxygen atoms in total. The Morgan fingerprint density at radius 1 is 1.32 bits per heavy atom. The molecule has 0 aliphatic carbocycles. The number of sulfone groups is 1. The van der Waals surface area contributed by atoms with Gasteiger partial charge in [0.25, 0.3) is 0 Å². The Morgan fingerprint density at radius 3 is 2.45 bits per heavy atom. The van der Waals surface area contributed by atoms with Gasteiger partial charge in [0.1, 0.15) is 5.82 Å². The van der Waals surface area contributed by atoms with Crippen LogP contribution in [-0.2, 0) is 14.6 Å². The van der Waals surface area contributed by atoms with Crippen LogP contribution in [0.5, 0.6) is 0 Å². The predicted octanol–water partition coefficient (Wildman–Crippen LogP) is 2.20. The smallest absolute Gasteiger partial charge is 0.233 e. The van der Waals surface area contributed by atoms with E-state index in [0.29, 0.717) is 0 Å². The summed E-state index contributed by atoms with van der Waals surface area (Å²) in [5.41, 5.74) is 0. The van der Waals surface area contributed by atoms with E-state index in [0.717, 1.165) is 4.90 Å². The van der Waals surface area contributed by atoms with Gasteiger partial charge in [0.2, 0.25) is 5.91 Å². The van der Waals surface area contributed by atoms with Crippen LogP contribution in [0.2, 0.25) is 0 Å². The molecule has 1 aliphatic rings. The summed E-state index contributed by atoms with van der Waals surface area (Å²) < 4.78 is 36.8. The van der Waals surface area contributed by atoms with E-state index >= 15 is 0 Å². The van der Waals surface area contributed by atoms with E-state index in [1.165, 1.54) is 23.9 Å². The molecule has 1 fully saturated rings. The van der Waals surface area contributed by atoms with Crippen molar-refractivity contribution in [2.45, 2.75) is 24.0 Å². The molecule has 2 rings (SSSR count). The number of hydrogen-bond acceptors (Lipinski definition) is 4. The average Bonchev–Trinajstić information content (AvgIpc) is 2.34. The van der Waals surface area contributed by atoms with Gasteiger partial charge in [0.05, 0.1) is 16.8 Å². The summed E-state index contributed by atoms with van der Waals surface area (Å²) in [6, 6.07) is 5.95. The summed E-state index contributed by atoms with van der Waals surface area (Å²) in [4.78, 5) is 14.4. The summed E-state index contributed by atoms with van der Waals surface area (Å²) >= 11 is 1.33. The van der Waals surface area contributed by atoms with Crippen molar-refractivity contribution in [1.29, 1.82) is 0 Å². The number of nitrogens with zero attached hydrogens (tertiary/aromatic N) is 1. The fraction of sp³-hybridized carbons (Fsp3) is 0.533. The zero-order valence-electron chi connectivity index (χ0n) is 12.7. The molecule has 0 saturated carbocycles. The van der Waals surface area contributed by atoms with Crippen molar-refractivity contribution < 1.29 is 17.6 Å². The van der Waals surface area contributed by atoms with E-state index in [1.807, 2.05) is 13.8 Å². The third kappa shape index (κ3) is 4.46. The van der Waals surface area contributed by atoms with E-state index in [4.69, 9.17) is 0 Å². The van der Waals surface area contributed by atoms with Gasteiger partial charge >= 0.3 is 0 Å². The molecule has 0 atom stereocenters. The molecule has 1 saturated heterocycles. The molecule has 0 unspecified atom stereocenters. The van der Waals surface area contributed by atoms with E-state index in [2.05, 4.69) is 0 Å².